The van der Waals surface area contributed by atoms with Crippen LogP contribution >= 0.6 is 0 Å². The van der Waals surface area contributed by atoms with E-state index in [9.17, 15) is 10.1 Å². The number of hydrogen-bond acceptors (Lipinski definition) is 4. The van der Waals surface area contributed by atoms with Crippen LogP contribution in [0.15, 0.2) is 46.9 Å². The second kappa shape index (κ2) is 5.46. The highest BCUT2D eigenvalue weighted by Gasteiger charge is 2.32. The van der Waals surface area contributed by atoms with Crippen molar-refractivity contribution in [2.45, 2.75) is 25.4 Å². The average Bonchev–Trinajstić information content (AvgIpc) is 3.17. The molecule has 0 amide bonds. The third kappa shape index (κ3) is 2.88. The quantitative estimate of drug-likeness (QED) is 0.646. The summed E-state index contributed by atoms with van der Waals surface area (Å²) in [5.41, 5.74) is 1.26. The van der Waals surface area contributed by atoms with Crippen LogP contribution in [-0.2, 0) is 6.54 Å². The summed E-state index contributed by atoms with van der Waals surface area (Å²) in [6, 6.07) is 13.6. The molecule has 1 aliphatic carbocycles. The molecule has 104 valence electrons. The van der Waals surface area contributed by atoms with Crippen LogP contribution in [0.2, 0.25) is 0 Å². The lowest BCUT2D eigenvalue weighted by atomic mass is 10.0. The molecule has 5 nitrogen and oxygen atoms in total. The standard InChI is InChI=1S/C15H16N2O3/c18-17(19)14-9-8-13(20-14)10-16-15(12-6-7-12)11-4-2-1-3-5-11/h1-5,8-9,12,15-16H,6-7,10H2. The number of nitrogens with zero attached hydrogens (tertiary/aromatic N) is 1. The van der Waals surface area contributed by atoms with E-state index in [4.69, 9.17) is 4.42 Å². The van der Waals surface area contributed by atoms with Gasteiger partial charge in [0.15, 0.2) is 0 Å². The number of hydrogen-bond donors (Lipinski definition) is 1. The minimum Gasteiger partial charge on any atom is -0.404 e. The molecule has 20 heavy (non-hydrogen) atoms. The second-order valence-corrected chi connectivity index (χ2v) is 5.10. The van der Waals surface area contributed by atoms with Gasteiger partial charge >= 0.3 is 5.88 Å². The van der Waals surface area contributed by atoms with Gasteiger partial charge in [-0.25, -0.2) is 0 Å². The molecule has 0 aliphatic heterocycles. The molecule has 2 aromatic rings. The summed E-state index contributed by atoms with van der Waals surface area (Å²) in [6.07, 6.45) is 2.45. The summed E-state index contributed by atoms with van der Waals surface area (Å²) in [5.74, 6) is 1.05. The summed E-state index contributed by atoms with van der Waals surface area (Å²) < 4.78 is 5.17. The van der Waals surface area contributed by atoms with E-state index in [0.29, 0.717) is 24.3 Å². The van der Waals surface area contributed by atoms with Gasteiger partial charge in [0, 0.05) is 6.04 Å². The number of rotatable bonds is 6. The van der Waals surface area contributed by atoms with E-state index in [1.165, 1.54) is 24.5 Å². The Hall–Kier alpha value is -2.14. The van der Waals surface area contributed by atoms with Crippen LogP contribution < -0.4 is 5.32 Å². The van der Waals surface area contributed by atoms with Crippen molar-refractivity contribution in [3.05, 3.63) is 63.9 Å². The molecular formula is C15H16N2O3. The molecule has 0 spiro atoms. The van der Waals surface area contributed by atoms with Crippen LogP contribution in [0.4, 0.5) is 5.88 Å². The van der Waals surface area contributed by atoms with Crippen LogP contribution in [0.3, 0.4) is 0 Å². The Balaban J connectivity index is 1.67. The second-order valence-electron chi connectivity index (χ2n) is 5.10. The van der Waals surface area contributed by atoms with Crippen molar-refractivity contribution < 1.29 is 9.34 Å². The molecule has 5 heteroatoms. The maximum Gasteiger partial charge on any atom is 0.433 e. The first-order valence-electron chi connectivity index (χ1n) is 6.75. The number of benzene rings is 1. The predicted molar refractivity (Wildman–Crippen MR) is 74.1 cm³/mol. The fraction of sp³-hybridized carbons (Fsp3) is 0.333. The maximum atomic E-state index is 10.6. The summed E-state index contributed by atoms with van der Waals surface area (Å²) in [4.78, 5) is 10.1. The van der Waals surface area contributed by atoms with E-state index in [2.05, 4.69) is 17.4 Å². The van der Waals surface area contributed by atoms with Gasteiger partial charge in [0.2, 0.25) is 0 Å². The predicted octanol–water partition coefficient (Wildman–Crippen LogP) is 3.43. The average molecular weight is 272 g/mol. The Morgan fingerprint density at radius 3 is 2.60 bits per heavy atom. The van der Waals surface area contributed by atoms with E-state index in [0.717, 1.165) is 0 Å². The lowest BCUT2D eigenvalue weighted by molar-refractivity contribution is -0.402. The molecule has 3 rings (SSSR count). The highest BCUT2D eigenvalue weighted by molar-refractivity contribution is 5.22. The largest absolute Gasteiger partial charge is 0.433 e. The molecule has 1 unspecified atom stereocenters. The highest BCUT2D eigenvalue weighted by Crippen LogP contribution is 2.41. The smallest absolute Gasteiger partial charge is 0.404 e. The molecule has 1 aromatic heterocycles. The first kappa shape index (κ1) is 12.9. The minimum atomic E-state index is -0.515. The van der Waals surface area contributed by atoms with Crippen LogP contribution in [0.5, 0.6) is 0 Å². The zero-order valence-electron chi connectivity index (χ0n) is 11.0. The van der Waals surface area contributed by atoms with Gasteiger partial charge in [0.25, 0.3) is 0 Å². The SMILES string of the molecule is O=[N+]([O-])c1ccc(CNC(c2ccccc2)C2CC2)o1. The van der Waals surface area contributed by atoms with Crippen LogP contribution in [0.25, 0.3) is 0 Å². The Labute approximate surface area is 116 Å². The lowest BCUT2D eigenvalue weighted by Gasteiger charge is -2.17. The molecule has 1 N–H and O–H groups in total. The van der Waals surface area contributed by atoms with E-state index >= 15 is 0 Å². The van der Waals surface area contributed by atoms with E-state index in [1.54, 1.807) is 6.07 Å². The van der Waals surface area contributed by atoms with Gasteiger partial charge in [0.1, 0.15) is 10.7 Å². The summed E-state index contributed by atoms with van der Waals surface area (Å²) >= 11 is 0. The van der Waals surface area contributed by atoms with Gasteiger partial charge in [-0.15, -0.1) is 0 Å². The lowest BCUT2D eigenvalue weighted by Crippen LogP contribution is -2.22. The zero-order chi connectivity index (χ0) is 13.9. The van der Waals surface area contributed by atoms with Crippen molar-refractivity contribution in [2.75, 3.05) is 0 Å². The van der Waals surface area contributed by atoms with Crippen LogP contribution in [0, 0.1) is 16.0 Å². The third-order valence-corrected chi connectivity index (χ3v) is 3.58. The summed E-state index contributed by atoms with van der Waals surface area (Å²) in [7, 11) is 0. The molecular weight excluding hydrogens is 256 g/mol. The van der Waals surface area contributed by atoms with Crippen LogP contribution in [0.1, 0.15) is 30.2 Å². The Kier molecular flexibility index (Phi) is 3.52. The fourth-order valence-electron chi connectivity index (χ4n) is 2.42. The molecule has 1 heterocycles. The fourth-order valence-corrected chi connectivity index (χ4v) is 2.42. The molecule has 0 saturated heterocycles. The van der Waals surface area contributed by atoms with Crippen molar-refractivity contribution in [1.29, 1.82) is 0 Å². The minimum absolute atomic E-state index is 0.204. The highest BCUT2D eigenvalue weighted by atomic mass is 16.6. The summed E-state index contributed by atoms with van der Waals surface area (Å²) in [5, 5.41) is 14.0. The number of furan rings is 1. The van der Waals surface area contributed by atoms with Crippen LogP contribution in [-0.4, -0.2) is 4.92 Å². The Morgan fingerprint density at radius 1 is 1.25 bits per heavy atom. The van der Waals surface area contributed by atoms with Gasteiger partial charge in [-0.1, -0.05) is 30.3 Å². The monoisotopic (exact) mass is 272 g/mol. The zero-order valence-corrected chi connectivity index (χ0v) is 11.0. The maximum absolute atomic E-state index is 10.6. The Bertz CT molecular complexity index is 590. The molecule has 0 radical (unpaired) electrons. The molecule has 0 bridgehead atoms. The Morgan fingerprint density at radius 2 is 2.00 bits per heavy atom. The molecule has 1 atom stereocenters. The van der Waals surface area contributed by atoms with E-state index < -0.39 is 4.92 Å². The van der Waals surface area contributed by atoms with Gasteiger partial charge < -0.3 is 9.73 Å². The topological polar surface area (TPSA) is 68.3 Å². The molecule has 1 saturated carbocycles. The molecule has 1 fully saturated rings. The van der Waals surface area contributed by atoms with Crippen molar-refractivity contribution in [2.24, 2.45) is 5.92 Å². The van der Waals surface area contributed by atoms with Gasteiger partial charge in [-0.2, -0.15) is 0 Å². The van der Waals surface area contributed by atoms with E-state index in [-0.39, 0.29) is 5.88 Å². The number of nitro groups is 1. The van der Waals surface area contributed by atoms with Gasteiger partial charge in [-0.3, -0.25) is 10.1 Å². The normalized spacial score (nSPS) is 16.0. The van der Waals surface area contributed by atoms with Crippen molar-refractivity contribution in [3.8, 4) is 0 Å². The first-order valence-corrected chi connectivity index (χ1v) is 6.75. The molecule has 1 aromatic carbocycles. The first-order chi connectivity index (χ1) is 9.74. The van der Waals surface area contributed by atoms with E-state index in [1.807, 2.05) is 18.2 Å². The number of nitrogens with one attached hydrogen (secondary N) is 1. The third-order valence-electron chi connectivity index (χ3n) is 3.58. The van der Waals surface area contributed by atoms with Crippen molar-refractivity contribution in [1.82, 2.24) is 5.32 Å². The van der Waals surface area contributed by atoms with Crippen molar-refractivity contribution >= 4 is 5.88 Å². The molecule has 1 aliphatic rings. The van der Waals surface area contributed by atoms with Gasteiger partial charge in [-0.05, 0) is 30.4 Å². The summed E-state index contributed by atoms with van der Waals surface area (Å²) in [6.45, 7) is 0.504. The van der Waals surface area contributed by atoms with Gasteiger partial charge in [0.05, 0.1) is 12.6 Å². The van der Waals surface area contributed by atoms with Crippen molar-refractivity contribution in [3.63, 3.8) is 0 Å².